The van der Waals surface area contributed by atoms with Crippen LogP contribution in [0.3, 0.4) is 0 Å². The Morgan fingerprint density at radius 1 is 1.25 bits per heavy atom. The lowest BCUT2D eigenvalue weighted by Crippen LogP contribution is -1.96. The second kappa shape index (κ2) is 2.41. The van der Waals surface area contributed by atoms with Crippen LogP contribution in [0.25, 0.3) is 11.1 Å². The highest BCUT2D eigenvalue weighted by molar-refractivity contribution is 5.71. The Morgan fingerprint density at radius 2 is 2.00 bits per heavy atom. The van der Waals surface area contributed by atoms with Crippen molar-refractivity contribution in [3.05, 3.63) is 40.6 Å². The Hall–Kier alpha value is -1.71. The molecule has 0 N–H and O–H groups in total. The van der Waals surface area contributed by atoms with Crippen molar-refractivity contribution in [2.75, 3.05) is 0 Å². The van der Waals surface area contributed by atoms with E-state index in [9.17, 15) is 9.18 Å². The highest BCUT2D eigenvalue weighted by atomic mass is 19.1. The topological polar surface area (TPSA) is 43.1 Å². The first-order valence-corrected chi connectivity index (χ1v) is 3.32. The SMILES string of the molecule is O=c1ccc2ccc(F)nc2o1. The number of hydrogen-bond acceptors (Lipinski definition) is 3. The molecule has 0 radical (unpaired) electrons. The average Bonchev–Trinajstić information content (AvgIpc) is 2.03. The van der Waals surface area contributed by atoms with Crippen LogP contribution in [0.5, 0.6) is 0 Å². The Labute approximate surface area is 66.5 Å². The summed E-state index contributed by atoms with van der Waals surface area (Å²) in [6.45, 7) is 0. The summed E-state index contributed by atoms with van der Waals surface area (Å²) >= 11 is 0. The van der Waals surface area contributed by atoms with Gasteiger partial charge in [0.15, 0.2) is 0 Å². The maximum atomic E-state index is 12.5. The number of halogens is 1. The lowest BCUT2D eigenvalue weighted by Gasteiger charge is -1.92. The van der Waals surface area contributed by atoms with Crippen LogP contribution in [-0.4, -0.2) is 4.98 Å². The average molecular weight is 165 g/mol. The zero-order valence-electron chi connectivity index (χ0n) is 5.95. The zero-order chi connectivity index (χ0) is 8.55. The molecule has 0 unspecified atom stereocenters. The van der Waals surface area contributed by atoms with Gasteiger partial charge in [0.1, 0.15) is 0 Å². The Morgan fingerprint density at radius 3 is 2.83 bits per heavy atom. The molecule has 0 aliphatic carbocycles. The Bertz CT molecular complexity index is 478. The van der Waals surface area contributed by atoms with Gasteiger partial charge in [-0.05, 0) is 18.2 Å². The molecule has 4 heteroatoms. The van der Waals surface area contributed by atoms with E-state index in [1.54, 1.807) is 0 Å². The smallest absolute Gasteiger partial charge is 0.337 e. The predicted octanol–water partition coefficient (Wildman–Crippen LogP) is 1.33. The van der Waals surface area contributed by atoms with Crippen LogP contribution < -0.4 is 5.63 Å². The van der Waals surface area contributed by atoms with Gasteiger partial charge in [0.05, 0.1) is 0 Å². The van der Waals surface area contributed by atoms with Crippen LogP contribution in [0.15, 0.2) is 33.5 Å². The van der Waals surface area contributed by atoms with E-state index in [0.717, 1.165) is 0 Å². The van der Waals surface area contributed by atoms with E-state index in [2.05, 4.69) is 9.40 Å². The summed E-state index contributed by atoms with van der Waals surface area (Å²) in [5.74, 6) is -0.656. The van der Waals surface area contributed by atoms with Crippen molar-refractivity contribution in [1.29, 1.82) is 0 Å². The van der Waals surface area contributed by atoms with Gasteiger partial charge in [-0.2, -0.15) is 9.37 Å². The maximum absolute atomic E-state index is 12.5. The Balaban J connectivity index is 2.89. The van der Waals surface area contributed by atoms with Gasteiger partial charge in [0.2, 0.25) is 11.7 Å². The third-order valence-corrected chi connectivity index (χ3v) is 1.45. The summed E-state index contributed by atoms with van der Waals surface area (Å²) in [7, 11) is 0. The highest BCUT2D eigenvalue weighted by Crippen LogP contribution is 2.08. The second-order valence-corrected chi connectivity index (χ2v) is 2.28. The van der Waals surface area contributed by atoms with E-state index < -0.39 is 11.6 Å². The molecule has 0 amide bonds. The van der Waals surface area contributed by atoms with Gasteiger partial charge < -0.3 is 4.42 Å². The molecular weight excluding hydrogens is 161 g/mol. The molecule has 0 aromatic carbocycles. The van der Waals surface area contributed by atoms with Crippen molar-refractivity contribution in [3.8, 4) is 0 Å². The lowest BCUT2D eigenvalue weighted by molar-refractivity contribution is 0.525. The number of hydrogen-bond donors (Lipinski definition) is 0. The molecule has 2 rings (SSSR count). The molecule has 2 aromatic rings. The van der Waals surface area contributed by atoms with Crippen LogP contribution in [0.1, 0.15) is 0 Å². The molecule has 0 aliphatic heterocycles. The third kappa shape index (κ3) is 1.07. The van der Waals surface area contributed by atoms with Crippen molar-refractivity contribution in [2.45, 2.75) is 0 Å². The van der Waals surface area contributed by atoms with Gasteiger partial charge >= 0.3 is 5.63 Å². The van der Waals surface area contributed by atoms with Crippen LogP contribution in [0.2, 0.25) is 0 Å². The van der Waals surface area contributed by atoms with Crippen molar-refractivity contribution < 1.29 is 8.81 Å². The van der Waals surface area contributed by atoms with Crippen molar-refractivity contribution in [1.82, 2.24) is 4.98 Å². The molecule has 0 bridgehead atoms. The molecule has 12 heavy (non-hydrogen) atoms. The zero-order valence-corrected chi connectivity index (χ0v) is 5.95. The summed E-state index contributed by atoms with van der Waals surface area (Å²) in [6, 6.07) is 5.51. The molecular formula is C8H4FNO2. The Kier molecular flexibility index (Phi) is 1.40. The summed E-state index contributed by atoms with van der Waals surface area (Å²) < 4.78 is 17.1. The third-order valence-electron chi connectivity index (χ3n) is 1.45. The fourth-order valence-corrected chi connectivity index (χ4v) is 0.924. The standard InChI is InChI=1S/C8H4FNO2/c9-6-3-1-5-2-4-7(11)12-8(5)10-6/h1-4H. The molecule has 3 nitrogen and oxygen atoms in total. The molecule has 0 saturated carbocycles. The summed E-state index contributed by atoms with van der Waals surface area (Å²) in [6.07, 6.45) is 0. The van der Waals surface area contributed by atoms with Gasteiger partial charge in [0, 0.05) is 11.5 Å². The summed E-state index contributed by atoms with van der Waals surface area (Å²) in [5.41, 5.74) is -0.497. The number of pyridine rings is 1. The van der Waals surface area contributed by atoms with Crippen LogP contribution in [0.4, 0.5) is 4.39 Å². The van der Waals surface area contributed by atoms with Gasteiger partial charge in [-0.3, -0.25) is 0 Å². The molecule has 0 atom stereocenters. The first kappa shape index (κ1) is 6.97. The van der Waals surface area contributed by atoms with Gasteiger partial charge in [0.25, 0.3) is 0 Å². The van der Waals surface area contributed by atoms with Gasteiger partial charge in [-0.25, -0.2) is 4.79 Å². The largest absolute Gasteiger partial charge is 0.404 e. The van der Waals surface area contributed by atoms with Crippen molar-refractivity contribution in [2.24, 2.45) is 0 Å². The summed E-state index contributed by atoms with van der Waals surface area (Å²) in [5, 5.41) is 0.607. The van der Waals surface area contributed by atoms with Gasteiger partial charge in [-0.15, -0.1) is 0 Å². The molecule has 0 spiro atoms. The monoisotopic (exact) mass is 165 g/mol. The minimum absolute atomic E-state index is 0.0301. The van der Waals surface area contributed by atoms with E-state index in [4.69, 9.17) is 0 Å². The minimum Gasteiger partial charge on any atom is -0.404 e. The molecule has 2 aromatic heterocycles. The molecule has 0 saturated heterocycles. The van der Waals surface area contributed by atoms with Crippen LogP contribution in [-0.2, 0) is 0 Å². The molecule has 0 fully saturated rings. The minimum atomic E-state index is -0.656. The number of fused-ring (bicyclic) bond motifs is 1. The lowest BCUT2D eigenvalue weighted by atomic mass is 10.3. The number of aromatic nitrogens is 1. The van der Waals surface area contributed by atoms with E-state index in [0.29, 0.717) is 5.39 Å². The highest BCUT2D eigenvalue weighted by Gasteiger charge is 1.98. The van der Waals surface area contributed by atoms with E-state index >= 15 is 0 Å². The molecule has 0 aliphatic rings. The first-order valence-electron chi connectivity index (χ1n) is 3.32. The summed E-state index contributed by atoms with van der Waals surface area (Å²) in [4.78, 5) is 14.1. The van der Waals surface area contributed by atoms with Crippen LogP contribution >= 0.6 is 0 Å². The fourth-order valence-electron chi connectivity index (χ4n) is 0.924. The van der Waals surface area contributed by atoms with E-state index in [-0.39, 0.29) is 5.71 Å². The maximum Gasteiger partial charge on any atom is 0.337 e. The van der Waals surface area contributed by atoms with Crippen molar-refractivity contribution in [3.63, 3.8) is 0 Å². The first-order chi connectivity index (χ1) is 5.75. The second-order valence-electron chi connectivity index (χ2n) is 2.28. The quantitative estimate of drug-likeness (QED) is 0.553. The van der Waals surface area contributed by atoms with Crippen molar-refractivity contribution >= 4 is 11.1 Å². The van der Waals surface area contributed by atoms with E-state index in [1.165, 1.54) is 24.3 Å². The predicted molar refractivity (Wildman–Crippen MR) is 40.2 cm³/mol. The number of rotatable bonds is 0. The van der Waals surface area contributed by atoms with E-state index in [1.807, 2.05) is 0 Å². The fraction of sp³-hybridized carbons (Fsp3) is 0. The molecule has 2 heterocycles. The molecule has 60 valence electrons. The number of nitrogens with zero attached hydrogens (tertiary/aromatic N) is 1. The normalized spacial score (nSPS) is 10.4. The van der Waals surface area contributed by atoms with Crippen LogP contribution in [0, 0.1) is 5.95 Å². The van der Waals surface area contributed by atoms with Gasteiger partial charge in [-0.1, -0.05) is 0 Å².